The fourth-order valence-electron chi connectivity index (χ4n) is 1.57. The molecule has 1 aromatic heterocycles. The van der Waals surface area contributed by atoms with Crippen LogP contribution in [0.2, 0.25) is 5.02 Å². The maximum atomic E-state index is 13.3. The predicted octanol–water partition coefficient (Wildman–Crippen LogP) is 3.33. The molecule has 2 rings (SSSR count). The number of hydrogen-bond donors (Lipinski definition) is 1. The third-order valence-electron chi connectivity index (χ3n) is 2.54. The Morgan fingerprint density at radius 1 is 1.50 bits per heavy atom. The van der Waals surface area contributed by atoms with Crippen LogP contribution in [0.15, 0.2) is 22.7 Å². The van der Waals surface area contributed by atoms with Crippen LogP contribution in [0, 0.1) is 5.82 Å². The predicted molar refractivity (Wildman–Crippen MR) is 66.5 cm³/mol. The molecule has 1 unspecified atom stereocenters. The Morgan fingerprint density at radius 3 is 2.94 bits per heavy atom. The average molecular weight is 270 g/mol. The zero-order valence-electron chi connectivity index (χ0n) is 9.86. The Kier molecular flexibility index (Phi) is 3.93. The molecule has 0 spiro atoms. The number of nitrogens with zero attached hydrogens (tertiary/aromatic N) is 2. The molecule has 0 aliphatic carbocycles. The standard InChI is InChI=1S/C12H13ClFN3O/c1-2-3-10(15)11-16-12(18-17-11)7-4-5-8(13)9(14)6-7/h4-6,10H,2-3,15H2,1H3. The van der Waals surface area contributed by atoms with Gasteiger partial charge in [-0.05, 0) is 24.6 Å². The van der Waals surface area contributed by atoms with Crippen LogP contribution in [0.5, 0.6) is 0 Å². The van der Waals surface area contributed by atoms with E-state index in [9.17, 15) is 4.39 Å². The summed E-state index contributed by atoms with van der Waals surface area (Å²) in [5, 5.41) is 3.85. The molecule has 18 heavy (non-hydrogen) atoms. The van der Waals surface area contributed by atoms with Crippen molar-refractivity contribution in [1.82, 2.24) is 10.1 Å². The highest BCUT2D eigenvalue weighted by Gasteiger charge is 2.15. The first-order valence-corrected chi connectivity index (χ1v) is 6.04. The van der Waals surface area contributed by atoms with Gasteiger partial charge >= 0.3 is 0 Å². The molecule has 0 radical (unpaired) electrons. The van der Waals surface area contributed by atoms with Crippen molar-refractivity contribution in [3.8, 4) is 11.5 Å². The Balaban J connectivity index is 2.26. The number of nitrogens with two attached hydrogens (primary N) is 1. The second kappa shape index (κ2) is 5.46. The average Bonchev–Trinajstić information content (AvgIpc) is 2.82. The van der Waals surface area contributed by atoms with E-state index in [1.165, 1.54) is 12.1 Å². The molecule has 6 heteroatoms. The van der Waals surface area contributed by atoms with Gasteiger partial charge in [0, 0.05) is 5.56 Å². The summed E-state index contributed by atoms with van der Waals surface area (Å²) in [5.41, 5.74) is 6.36. The van der Waals surface area contributed by atoms with Crippen LogP contribution in [0.1, 0.15) is 31.6 Å². The lowest BCUT2D eigenvalue weighted by Crippen LogP contribution is -2.11. The van der Waals surface area contributed by atoms with Crippen LogP contribution in [0.4, 0.5) is 4.39 Å². The van der Waals surface area contributed by atoms with Crippen LogP contribution < -0.4 is 5.73 Å². The molecule has 0 bridgehead atoms. The highest BCUT2D eigenvalue weighted by molar-refractivity contribution is 6.30. The molecule has 1 aromatic carbocycles. The van der Waals surface area contributed by atoms with Crippen molar-refractivity contribution in [2.45, 2.75) is 25.8 Å². The Hall–Kier alpha value is -1.46. The van der Waals surface area contributed by atoms with Crippen molar-refractivity contribution >= 4 is 11.6 Å². The minimum absolute atomic E-state index is 0.0566. The Morgan fingerprint density at radius 2 is 2.28 bits per heavy atom. The number of aromatic nitrogens is 2. The lowest BCUT2D eigenvalue weighted by atomic mass is 10.2. The van der Waals surface area contributed by atoms with Gasteiger partial charge in [0.1, 0.15) is 5.82 Å². The van der Waals surface area contributed by atoms with E-state index in [1.54, 1.807) is 6.07 Å². The first-order valence-electron chi connectivity index (χ1n) is 5.66. The normalized spacial score (nSPS) is 12.7. The molecule has 0 aliphatic rings. The summed E-state index contributed by atoms with van der Waals surface area (Å²) in [7, 11) is 0. The Bertz CT molecular complexity index is 544. The summed E-state index contributed by atoms with van der Waals surface area (Å²) in [4.78, 5) is 4.16. The second-order valence-corrected chi connectivity index (χ2v) is 4.39. The first-order chi connectivity index (χ1) is 8.61. The van der Waals surface area contributed by atoms with Gasteiger partial charge in [0.05, 0.1) is 11.1 Å². The van der Waals surface area contributed by atoms with E-state index < -0.39 is 5.82 Å². The highest BCUT2D eigenvalue weighted by Crippen LogP contribution is 2.24. The SMILES string of the molecule is CCCC(N)c1noc(-c2ccc(Cl)c(F)c2)n1. The fraction of sp³-hybridized carbons (Fsp3) is 0.333. The molecular weight excluding hydrogens is 257 g/mol. The van der Waals surface area contributed by atoms with Crippen LogP contribution in [-0.2, 0) is 0 Å². The fourth-order valence-corrected chi connectivity index (χ4v) is 1.69. The van der Waals surface area contributed by atoms with Crippen LogP contribution in [-0.4, -0.2) is 10.1 Å². The lowest BCUT2D eigenvalue weighted by Gasteiger charge is -2.02. The molecule has 0 aliphatic heterocycles. The molecule has 0 saturated carbocycles. The van der Waals surface area contributed by atoms with Gasteiger partial charge in [-0.1, -0.05) is 30.1 Å². The van der Waals surface area contributed by atoms with Gasteiger partial charge < -0.3 is 10.3 Å². The second-order valence-electron chi connectivity index (χ2n) is 3.98. The molecule has 2 N–H and O–H groups in total. The summed E-state index contributed by atoms with van der Waals surface area (Å²) in [6.45, 7) is 2.02. The van der Waals surface area contributed by atoms with Crippen molar-refractivity contribution in [1.29, 1.82) is 0 Å². The largest absolute Gasteiger partial charge is 0.334 e. The number of benzene rings is 1. The molecule has 0 amide bonds. The van der Waals surface area contributed by atoms with Gasteiger partial charge in [-0.2, -0.15) is 4.98 Å². The van der Waals surface area contributed by atoms with E-state index in [0.29, 0.717) is 11.4 Å². The topological polar surface area (TPSA) is 64.9 Å². The number of rotatable bonds is 4. The zero-order valence-corrected chi connectivity index (χ0v) is 10.6. The van der Waals surface area contributed by atoms with Crippen molar-refractivity contribution in [2.75, 3.05) is 0 Å². The Labute approximate surface area is 109 Å². The van der Waals surface area contributed by atoms with Gasteiger partial charge in [0.25, 0.3) is 5.89 Å². The smallest absolute Gasteiger partial charge is 0.258 e. The first kappa shape index (κ1) is 13.0. The van der Waals surface area contributed by atoms with Crippen LogP contribution >= 0.6 is 11.6 Å². The minimum Gasteiger partial charge on any atom is -0.334 e. The van der Waals surface area contributed by atoms with E-state index in [-0.39, 0.29) is 17.0 Å². The molecular formula is C12H13ClFN3O. The molecule has 0 fully saturated rings. The summed E-state index contributed by atoms with van der Waals surface area (Å²) >= 11 is 5.60. The minimum atomic E-state index is -0.522. The molecule has 1 atom stereocenters. The molecule has 96 valence electrons. The van der Waals surface area contributed by atoms with E-state index in [1.807, 2.05) is 6.92 Å². The van der Waals surface area contributed by atoms with Gasteiger partial charge in [0.2, 0.25) is 0 Å². The number of halogens is 2. The van der Waals surface area contributed by atoms with E-state index in [4.69, 9.17) is 21.9 Å². The van der Waals surface area contributed by atoms with Crippen LogP contribution in [0.25, 0.3) is 11.5 Å². The van der Waals surface area contributed by atoms with Crippen molar-refractivity contribution in [3.05, 3.63) is 34.9 Å². The lowest BCUT2D eigenvalue weighted by molar-refractivity contribution is 0.413. The van der Waals surface area contributed by atoms with Crippen molar-refractivity contribution in [2.24, 2.45) is 5.73 Å². The van der Waals surface area contributed by atoms with E-state index >= 15 is 0 Å². The van der Waals surface area contributed by atoms with Crippen molar-refractivity contribution < 1.29 is 8.91 Å². The summed E-state index contributed by atoms with van der Waals surface area (Å²) in [5.74, 6) is 0.154. The molecule has 0 saturated heterocycles. The summed E-state index contributed by atoms with van der Waals surface area (Å²) < 4.78 is 18.4. The summed E-state index contributed by atoms with van der Waals surface area (Å²) in [6, 6.07) is 4.06. The van der Waals surface area contributed by atoms with Gasteiger partial charge in [-0.25, -0.2) is 4.39 Å². The van der Waals surface area contributed by atoms with Gasteiger partial charge in [0.15, 0.2) is 5.82 Å². The molecule has 2 aromatic rings. The molecule has 4 nitrogen and oxygen atoms in total. The van der Waals surface area contributed by atoms with Gasteiger partial charge in [-0.3, -0.25) is 0 Å². The molecule has 1 heterocycles. The van der Waals surface area contributed by atoms with Crippen molar-refractivity contribution in [3.63, 3.8) is 0 Å². The third-order valence-corrected chi connectivity index (χ3v) is 2.85. The number of hydrogen-bond acceptors (Lipinski definition) is 4. The highest BCUT2D eigenvalue weighted by atomic mass is 35.5. The van der Waals surface area contributed by atoms with Crippen LogP contribution in [0.3, 0.4) is 0 Å². The maximum absolute atomic E-state index is 13.3. The summed E-state index contributed by atoms with van der Waals surface area (Å²) in [6.07, 6.45) is 1.70. The van der Waals surface area contributed by atoms with Gasteiger partial charge in [-0.15, -0.1) is 0 Å². The zero-order chi connectivity index (χ0) is 13.1. The monoisotopic (exact) mass is 269 g/mol. The maximum Gasteiger partial charge on any atom is 0.258 e. The van der Waals surface area contributed by atoms with E-state index in [2.05, 4.69) is 10.1 Å². The van der Waals surface area contributed by atoms with E-state index in [0.717, 1.165) is 12.8 Å². The quantitative estimate of drug-likeness (QED) is 0.925. The third kappa shape index (κ3) is 2.68.